The Balaban J connectivity index is 1.50. The van der Waals surface area contributed by atoms with E-state index in [0.717, 1.165) is 11.3 Å². The Hall–Kier alpha value is -3.26. The molecule has 30 heavy (non-hydrogen) atoms. The number of nitrogens with one attached hydrogen (secondary N) is 2. The molecule has 8 nitrogen and oxygen atoms in total. The molecular formula is C22H26N4O4. The molecule has 3 rings (SSSR count). The number of rotatable bonds is 9. The Morgan fingerprint density at radius 2 is 1.73 bits per heavy atom. The first kappa shape index (κ1) is 21.4. The van der Waals surface area contributed by atoms with Gasteiger partial charge in [0, 0.05) is 45.4 Å². The molecule has 1 aliphatic rings. The Kier molecular flexibility index (Phi) is 7.13. The van der Waals surface area contributed by atoms with Crippen LogP contribution in [0.25, 0.3) is 0 Å². The summed E-state index contributed by atoms with van der Waals surface area (Å²) >= 11 is 0. The van der Waals surface area contributed by atoms with Gasteiger partial charge in [-0.25, -0.2) is 0 Å². The number of likely N-dealkylation sites (N-methyl/N-ethyl adjacent to an activating group) is 1. The van der Waals surface area contributed by atoms with Crippen molar-refractivity contribution < 1.29 is 19.1 Å². The molecule has 1 aliphatic heterocycles. The van der Waals surface area contributed by atoms with Crippen LogP contribution in [0.5, 0.6) is 0 Å². The zero-order chi connectivity index (χ0) is 21.5. The number of carbonyl (C=O) groups excluding carboxylic acids is 3. The summed E-state index contributed by atoms with van der Waals surface area (Å²) in [6.45, 7) is 0.403. The van der Waals surface area contributed by atoms with E-state index in [1.165, 1.54) is 4.90 Å². The molecule has 1 fully saturated rings. The van der Waals surface area contributed by atoms with Gasteiger partial charge < -0.3 is 20.3 Å². The second-order valence-electron chi connectivity index (χ2n) is 7.32. The number of carbonyl (C=O) groups is 3. The summed E-state index contributed by atoms with van der Waals surface area (Å²) in [7, 11) is 3.27. The van der Waals surface area contributed by atoms with Crippen LogP contribution in [0, 0.1) is 0 Å². The average molecular weight is 410 g/mol. The molecule has 3 atom stereocenters. The maximum atomic E-state index is 12.5. The molecule has 0 bridgehead atoms. The number of ether oxygens (including phenoxy) is 1. The van der Waals surface area contributed by atoms with Crippen molar-refractivity contribution in [1.29, 1.82) is 0 Å². The van der Waals surface area contributed by atoms with E-state index in [1.54, 1.807) is 20.3 Å². The van der Waals surface area contributed by atoms with Gasteiger partial charge in [0.05, 0.1) is 0 Å². The Morgan fingerprint density at radius 1 is 1.03 bits per heavy atom. The minimum atomic E-state index is -0.881. The highest BCUT2D eigenvalue weighted by Crippen LogP contribution is 2.22. The number of pyridine rings is 1. The number of epoxide rings is 1. The fourth-order valence-corrected chi connectivity index (χ4v) is 3.09. The van der Waals surface area contributed by atoms with E-state index < -0.39 is 24.2 Å². The van der Waals surface area contributed by atoms with E-state index in [2.05, 4.69) is 15.6 Å². The minimum Gasteiger partial charge on any atom is -0.353 e. The first-order valence-corrected chi connectivity index (χ1v) is 9.84. The van der Waals surface area contributed by atoms with Gasteiger partial charge in [0.1, 0.15) is 6.04 Å². The highest BCUT2D eigenvalue weighted by Gasteiger charge is 2.50. The van der Waals surface area contributed by atoms with Gasteiger partial charge in [-0.2, -0.15) is 0 Å². The first-order chi connectivity index (χ1) is 14.5. The average Bonchev–Trinajstić information content (AvgIpc) is 3.55. The lowest BCUT2D eigenvalue weighted by Gasteiger charge is -2.21. The van der Waals surface area contributed by atoms with Gasteiger partial charge in [-0.3, -0.25) is 19.4 Å². The summed E-state index contributed by atoms with van der Waals surface area (Å²) in [6, 6.07) is 14.3. The lowest BCUT2D eigenvalue weighted by atomic mass is 10.0. The summed E-state index contributed by atoms with van der Waals surface area (Å²) in [4.78, 5) is 42.9. The molecule has 2 aromatic rings. The normalized spacial score (nSPS) is 18.2. The number of hydrogen-bond donors (Lipinski definition) is 2. The summed E-state index contributed by atoms with van der Waals surface area (Å²) in [5, 5.41) is 5.48. The standard InChI is InChI=1S/C22H26N4O4/c1-26(2)22(29)17(14-15-8-4-3-5-9-15)25-21(28)19-18(30-19)20(27)24-13-11-16-10-6-7-12-23-16/h3-10,12,17-19H,11,13-14H2,1-2H3,(H,24,27)(H,25,28)/t17-,18-,19-/m0/s1. The van der Waals surface area contributed by atoms with Crippen LogP contribution in [0.1, 0.15) is 11.3 Å². The van der Waals surface area contributed by atoms with E-state index in [-0.39, 0.29) is 11.8 Å². The fourth-order valence-electron chi connectivity index (χ4n) is 3.09. The van der Waals surface area contributed by atoms with E-state index in [4.69, 9.17) is 4.74 Å². The Morgan fingerprint density at radius 3 is 2.40 bits per heavy atom. The van der Waals surface area contributed by atoms with Crippen LogP contribution < -0.4 is 10.6 Å². The predicted octanol–water partition coefficient (Wildman–Crippen LogP) is 0.323. The van der Waals surface area contributed by atoms with Crippen molar-refractivity contribution in [3.05, 3.63) is 66.0 Å². The van der Waals surface area contributed by atoms with Crippen LogP contribution in [0.4, 0.5) is 0 Å². The number of amides is 3. The monoisotopic (exact) mass is 410 g/mol. The second-order valence-corrected chi connectivity index (χ2v) is 7.32. The topological polar surface area (TPSA) is 104 Å². The van der Waals surface area contributed by atoms with E-state index >= 15 is 0 Å². The third-order valence-corrected chi connectivity index (χ3v) is 4.75. The molecule has 2 heterocycles. The molecule has 1 saturated heterocycles. The van der Waals surface area contributed by atoms with Crippen LogP contribution in [0.15, 0.2) is 54.7 Å². The highest BCUT2D eigenvalue weighted by molar-refractivity contribution is 5.97. The molecule has 0 spiro atoms. The summed E-state index contributed by atoms with van der Waals surface area (Å²) in [5.74, 6) is -1.02. The smallest absolute Gasteiger partial charge is 0.253 e. The number of hydrogen-bond acceptors (Lipinski definition) is 5. The summed E-state index contributed by atoms with van der Waals surface area (Å²) in [6.07, 6.45) is 0.931. The maximum Gasteiger partial charge on any atom is 0.253 e. The van der Waals surface area contributed by atoms with Gasteiger partial charge in [-0.15, -0.1) is 0 Å². The van der Waals surface area contributed by atoms with Crippen molar-refractivity contribution in [3.63, 3.8) is 0 Å². The Labute approximate surface area is 175 Å². The third-order valence-electron chi connectivity index (χ3n) is 4.75. The van der Waals surface area contributed by atoms with Crippen LogP contribution in [-0.2, 0) is 32.0 Å². The largest absolute Gasteiger partial charge is 0.353 e. The van der Waals surface area contributed by atoms with Gasteiger partial charge in [-0.05, 0) is 17.7 Å². The predicted molar refractivity (Wildman–Crippen MR) is 110 cm³/mol. The third kappa shape index (κ3) is 5.87. The summed E-state index contributed by atoms with van der Waals surface area (Å²) in [5.41, 5.74) is 1.80. The van der Waals surface area contributed by atoms with Crippen LogP contribution >= 0.6 is 0 Å². The first-order valence-electron chi connectivity index (χ1n) is 9.84. The molecule has 8 heteroatoms. The van der Waals surface area contributed by atoms with E-state index in [9.17, 15) is 14.4 Å². The van der Waals surface area contributed by atoms with Crippen LogP contribution in [-0.4, -0.2) is 66.5 Å². The Bertz CT molecular complexity index is 873. The maximum absolute atomic E-state index is 12.5. The summed E-state index contributed by atoms with van der Waals surface area (Å²) < 4.78 is 5.27. The number of nitrogens with zero attached hydrogens (tertiary/aromatic N) is 2. The molecular weight excluding hydrogens is 384 g/mol. The quantitative estimate of drug-likeness (QED) is 0.580. The van der Waals surface area contributed by atoms with E-state index in [0.29, 0.717) is 19.4 Å². The van der Waals surface area contributed by atoms with Gasteiger partial charge in [0.2, 0.25) is 5.91 Å². The van der Waals surface area contributed by atoms with Gasteiger partial charge in [-0.1, -0.05) is 36.4 Å². The minimum absolute atomic E-state index is 0.218. The zero-order valence-electron chi connectivity index (χ0n) is 17.1. The van der Waals surface area contributed by atoms with Gasteiger partial charge >= 0.3 is 0 Å². The number of benzene rings is 1. The molecule has 0 aliphatic carbocycles. The lowest BCUT2D eigenvalue weighted by Crippen LogP contribution is -2.49. The van der Waals surface area contributed by atoms with Crippen molar-refractivity contribution in [3.8, 4) is 0 Å². The molecule has 0 unspecified atom stereocenters. The number of aromatic nitrogens is 1. The molecule has 158 valence electrons. The molecule has 0 saturated carbocycles. The van der Waals surface area contributed by atoms with Crippen molar-refractivity contribution in [2.24, 2.45) is 0 Å². The van der Waals surface area contributed by atoms with Crippen molar-refractivity contribution in [2.75, 3.05) is 20.6 Å². The van der Waals surface area contributed by atoms with E-state index in [1.807, 2.05) is 48.5 Å². The van der Waals surface area contributed by atoms with Gasteiger partial charge in [0.15, 0.2) is 12.2 Å². The van der Waals surface area contributed by atoms with Crippen molar-refractivity contribution in [1.82, 2.24) is 20.5 Å². The SMILES string of the molecule is CN(C)C(=O)[C@H](Cc1ccccc1)NC(=O)[C@H]1O[C@@H]1C(=O)NCCc1ccccn1. The molecule has 1 aromatic heterocycles. The lowest BCUT2D eigenvalue weighted by molar-refractivity contribution is -0.134. The van der Waals surface area contributed by atoms with Crippen molar-refractivity contribution in [2.45, 2.75) is 31.1 Å². The fraction of sp³-hybridized carbons (Fsp3) is 0.364. The van der Waals surface area contributed by atoms with Crippen molar-refractivity contribution >= 4 is 17.7 Å². The zero-order valence-corrected chi connectivity index (χ0v) is 17.1. The highest BCUT2D eigenvalue weighted by atomic mass is 16.6. The van der Waals surface area contributed by atoms with Crippen LogP contribution in [0.2, 0.25) is 0 Å². The second kappa shape index (κ2) is 9.98. The molecule has 1 aromatic carbocycles. The van der Waals surface area contributed by atoms with Gasteiger partial charge in [0.25, 0.3) is 11.8 Å². The molecule has 2 N–H and O–H groups in total. The molecule has 0 radical (unpaired) electrons. The molecule has 3 amide bonds. The van der Waals surface area contributed by atoms with Crippen LogP contribution in [0.3, 0.4) is 0 Å².